The van der Waals surface area contributed by atoms with Crippen LogP contribution in [0.15, 0.2) is 144 Å². The summed E-state index contributed by atoms with van der Waals surface area (Å²) in [7, 11) is 0. The van der Waals surface area contributed by atoms with Crippen LogP contribution >= 0.6 is 0 Å². The predicted octanol–water partition coefficient (Wildman–Crippen LogP) is 12.9. The lowest BCUT2D eigenvalue weighted by molar-refractivity contribution is 0.443. The maximum absolute atomic E-state index is 9.82. The van der Waals surface area contributed by atoms with E-state index in [9.17, 15) is 13.7 Å². The molecule has 0 radical (unpaired) electrons. The molecular weight excluding hydrogens is 544 g/mol. The Hall–Kier alpha value is -5.14. The molecule has 1 heteroatoms. The maximum Gasteiger partial charge on any atom is 0.134 e. The standard InChI is InChI=1S/C44H34O/c1-2-12-29(13-3-1)31-24-25-36-41(28-45-42(36)27-31)44-39-21-8-6-19-37(39)43(38-20-7-9-22-40(38)44)33-17-10-16-32(26-33)35-23-11-15-30-14-4-5-18-34(30)35/h4-11,14-29H,1-3,12-13H2/i4D,5D,6D,7D,8D,9D,10D,11D,14D,15D,16D,17D,18D,19D,20D,21D,22D,23D,24D,25D,26D,27D,28D. The molecular formula is C44H34O. The van der Waals surface area contributed by atoms with Crippen molar-refractivity contribution < 1.29 is 35.9 Å². The summed E-state index contributed by atoms with van der Waals surface area (Å²) in [6.45, 7) is 0. The number of furan rings is 1. The first-order valence-corrected chi connectivity index (χ1v) is 14.5. The van der Waals surface area contributed by atoms with Gasteiger partial charge in [-0.15, -0.1) is 0 Å². The molecule has 216 valence electrons. The maximum atomic E-state index is 9.82. The summed E-state index contributed by atoms with van der Waals surface area (Å²) in [6.07, 6.45) is 3.01. The van der Waals surface area contributed by atoms with Gasteiger partial charge in [-0.05, 0) is 91.0 Å². The minimum atomic E-state index is -1.01. The van der Waals surface area contributed by atoms with Crippen LogP contribution in [-0.2, 0) is 0 Å². The van der Waals surface area contributed by atoms with Crippen molar-refractivity contribution in [2.24, 2.45) is 0 Å². The monoisotopic (exact) mass is 601 g/mol. The molecule has 0 saturated heterocycles. The van der Waals surface area contributed by atoms with Gasteiger partial charge in [-0.25, -0.2) is 0 Å². The molecule has 0 spiro atoms. The van der Waals surface area contributed by atoms with Crippen LogP contribution in [-0.4, -0.2) is 0 Å². The van der Waals surface area contributed by atoms with Gasteiger partial charge in [0.05, 0.1) is 36.4 Å². The summed E-state index contributed by atoms with van der Waals surface area (Å²) < 4.78 is 214. The lowest BCUT2D eigenvalue weighted by atomic mass is 9.83. The van der Waals surface area contributed by atoms with Crippen molar-refractivity contribution in [2.75, 3.05) is 0 Å². The molecule has 1 saturated carbocycles. The van der Waals surface area contributed by atoms with Gasteiger partial charge in [0.25, 0.3) is 0 Å². The number of hydrogen-bond donors (Lipinski definition) is 0. The van der Waals surface area contributed by atoms with Crippen molar-refractivity contribution in [1.82, 2.24) is 0 Å². The smallest absolute Gasteiger partial charge is 0.134 e. The Morgan fingerprint density at radius 1 is 0.489 bits per heavy atom. The summed E-state index contributed by atoms with van der Waals surface area (Å²) in [5.41, 5.74) is -4.00. The first kappa shape index (κ1) is 12.0. The van der Waals surface area contributed by atoms with Crippen molar-refractivity contribution in [2.45, 2.75) is 38.0 Å². The Labute approximate surface area is 296 Å². The fourth-order valence-corrected chi connectivity index (χ4v) is 6.30. The normalized spacial score (nSPS) is 21.3. The Morgan fingerprint density at radius 2 is 1.11 bits per heavy atom. The van der Waals surface area contributed by atoms with Crippen LogP contribution in [0.25, 0.3) is 76.7 Å². The SMILES string of the molecule is [2H]c1oc2c([2H])c(C3CCCCC3)c([2H])c([2H])c2c1-c1c2c([2H])c([2H])c([2H])c([2H])c2c(-c2c([2H])c([2H])c([2H])c(-c3c([2H])c([2H])c([2H])c4c([2H])c([2H])c([2H])c([2H])c34)c2[2H])c2c([2H])c([2H])c([2H])c([2H])c12. The second-order valence-corrected chi connectivity index (χ2v) is 10.9. The molecule has 1 heterocycles. The zero-order valence-electron chi connectivity index (χ0n) is 46.5. The van der Waals surface area contributed by atoms with E-state index in [4.69, 9.17) is 22.2 Å². The topological polar surface area (TPSA) is 13.1 Å². The third-order valence-electron chi connectivity index (χ3n) is 8.38. The van der Waals surface area contributed by atoms with Crippen molar-refractivity contribution in [3.63, 3.8) is 0 Å². The van der Waals surface area contributed by atoms with E-state index in [-0.39, 0.29) is 34.5 Å². The third kappa shape index (κ3) is 4.37. The van der Waals surface area contributed by atoms with E-state index in [1.807, 2.05) is 0 Å². The molecule has 0 amide bonds. The van der Waals surface area contributed by atoms with Gasteiger partial charge >= 0.3 is 0 Å². The van der Waals surface area contributed by atoms with Crippen LogP contribution in [0.1, 0.15) is 75.1 Å². The zero-order valence-corrected chi connectivity index (χ0v) is 23.5. The van der Waals surface area contributed by atoms with E-state index >= 15 is 0 Å². The highest BCUT2D eigenvalue weighted by Crippen LogP contribution is 2.47. The molecule has 7 aromatic carbocycles. The largest absolute Gasteiger partial charge is 0.464 e. The van der Waals surface area contributed by atoms with E-state index in [1.54, 1.807) is 0 Å². The average Bonchev–Trinajstić information content (AvgIpc) is 3.67. The van der Waals surface area contributed by atoms with Crippen LogP contribution in [0.3, 0.4) is 0 Å². The van der Waals surface area contributed by atoms with E-state index in [1.165, 1.54) is 0 Å². The van der Waals surface area contributed by atoms with Gasteiger partial charge in [0.15, 0.2) is 0 Å². The van der Waals surface area contributed by atoms with E-state index in [0.29, 0.717) is 12.8 Å². The zero-order chi connectivity index (χ0) is 49.8. The molecule has 0 N–H and O–H groups in total. The van der Waals surface area contributed by atoms with Gasteiger partial charge in [0.1, 0.15) is 6.95 Å². The minimum Gasteiger partial charge on any atom is -0.464 e. The third-order valence-corrected chi connectivity index (χ3v) is 8.38. The summed E-state index contributed by atoms with van der Waals surface area (Å²) in [6, 6.07) is -18.2. The molecule has 9 rings (SSSR count). The van der Waals surface area contributed by atoms with Gasteiger partial charge < -0.3 is 4.42 Å². The average molecular weight is 602 g/mol. The molecule has 45 heavy (non-hydrogen) atoms. The summed E-state index contributed by atoms with van der Waals surface area (Å²) in [4.78, 5) is 0. The van der Waals surface area contributed by atoms with Crippen LogP contribution in [0.5, 0.6) is 0 Å². The second kappa shape index (κ2) is 10.8. The Kier molecular flexibility index (Phi) is 2.87. The lowest BCUT2D eigenvalue weighted by Crippen LogP contribution is -2.04. The first-order valence-electron chi connectivity index (χ1n) is 26.0. The molecule has 1 fully saturated rings. The molecule has 0 aliphatic heterocycles. The quantitative estimate of drug-likeness (QED) is 0.183. The van der Waals surface area contributed by atoms with Gasteiger partial charge in [-0.2, -0.15) is 0 Å². The Balaban J connectivity index is 1.56. The van der Waals surface area contributed by atoms with Crippen molar-refractivity contribution >= 4 is 43.3 Å². The molecule has 1 aliphatic rings. The number of rotatable bonds is 4. The van der Waals surface area contributed by atoms with Crippen LogP contribution in [0, 0.1) is 0 Å². The fourth-order valence-electron chi connectivity index (χ4n) is 6.30. The highest BCUT2D eigenvalue weighted by Gasteiger charge is 2.21. The first-order chi connectivity index (χ1) is 31.9. The number of fused-ring (bicyclic) bond motifs is 4. The van der Waals surface area contributed by atoms with Crippen molar-refractivity contribution in [3.05, 3.63) is 145 Å². The van der Waals surface area contributed by atoms with E-state index in [2.05, 4.69) is 0 Å². The number of benzene rings is 7. The Bertz CT molecular complexity index is 3560. The van der Waals surface area contributed by atoms with Crippen LogP contribution in [0.2, 0.25) is 0 Å². The van der Waals surface area contributed by atoms with E-state index in [0.717, 1.165) is 19.3 Å². The minimum absolute atomic E-state index is 0.219. The molecule has 8 aromatic rings. The predicted molar refractivity (Wildman–Crippen MR) is 191 cm³/mol. The van der Waals surface area contributed by atoms with Crippen LogP contribution < -0.4 is 0 Å². The van der Waals surface area contributed by atoms with Gasteiger partial charge in [-0.3, -0.25) is 0 Å². The second-order valence-electron chi connectivity index (χ2n) is 10.9. The van der Waals surface area contributed by atoms with Gasteiger partial charge in [0.2, 0.25) is 0 Å². The van der Waals surface area contributed by atoms with E-state index < -0.39 is 193 Å². The number of hydrogen-bond acceptors (Lipinski definition) is 1. The van der Waals surface area contributed by atoms with Crippen LogP contribution in [0.4, 0.5) is 0 Å². The molecule has 0 atom stereocenters. The van der Waals surface area contributed by atoms with Gasteiger partial charge in [-0.1, -0.05) is 140 Å². The Morgan fingerprint density at radius 3 is 1.87 bits per heavy atom. The lowest BCUT2D eigenvalue weighted by Gasteiger charge is -2.21. The molecule has 1 aromatic heterocycles. The highest BCUT2D eigenvalue weighted by atomic mass is 16.3. The summed E-state index contributed by atoms with van der Waals surface area (Å²) in [5, 5.41) is -3.92. The molecule has 1 nitrogen and oxygen atoms in total. The molecule has 0 bridgehead atoms. The summed E-state index contributed by atoms with van der Waals surface area (Å²) >= 11 is 0. The highest BCUT2D eigenvalue weighted by molar-refractivity contribution is 6.23. The summed E-state index contributed by atoms with van der Waals surface area (Å²) in [5.74, 6) is -0.284. The van der Waals surface area contributed by atoms with Crippen molar-refractivity contribution in [3.8, 4) is 33.4 Å². The fraction of sp³-hybridized carbons (Fsp3) is 0.136. The molecule has 0 unspecified atom stereocenters. The van der Waals surface area contributed by atoms with Gasteiger partial charge in [0, 0.05) is 16.5 Å². The molecule has 1 aliphatic carbocycles. The van der Waals surface area contributed by atoms with Crippen molar-refractivity contribution in [1.29, 1.82) is 0 Å².